The lowest BCUT2D eigenvalue weighted by atomic mass is 10.1. The zero-order valence-electron chi connectivity index (χ0n) is 13.6. The van der Waals surface area contributed by atoms with E-state index in [1.54, 1.807) is 7.11 Å². The van der Waals surface area contributed by atoms with Gasteiger partial charge in [0.2, 0.25) is 5.91 Å². The van der Waals surface area contributed by atoms with E-state index in [2.05, 4.69) is 22.3 Å². The summed E-state index contributed by atoms with van der Waals surface area (Å²) in [5.41, 5.74) is 1.30. The summed E-state index contributed by atoms with van der Waals surface area (Å²) in [6.45, 7) is 3.62. The van der Waals surface area contributed by atoms with Crippen LogP contribution in [0.4, 0.5) is 0 Å². The van der Waals surface area contributed by atoms with Crippen molar-refractivity contribution in [1.82, 2.24) is 10.2 Å². The molecule has 1 aliphatic heterocycles. The summed E-state index contributed by atoms with van der Waals surface area (Å²) in [6, 6.07) is 10.8. The lowest BCUT2D eigenvalue weighted by molar-refractivity contribution is -0.121. The number of likely N-dealkylation sites (tertiary alicyclic amines) is 1. The van der Waals surface area contributed by atoms with Crippen molar-refractivity contribution in [2.45, 2.75) is 38.1 Å². The number of aryl methyl sites for hydroxylation is 1. The molecule has 1 saturated heterocycles. The predicted molar refractivity (Wildman–Crippen MR) is 88.9 cm³/mol. The second-order valence-electron chi connectivity index (χ2n) is 5.97. The third-order valence-electron chi connectivity index (χ3n) is 4.33. The first-order chi connectivity index (χ1) is 10.8. The molecule has 0 aliphatic carbocycles. The van der Waals surface area contributed by atoms with Crippen LogP contribution in [-0.2, 0) is 16.0 Å². The Morgan fingerprint density at radius 1 is 1.36 bits per heavy atom. The van der Waals surface area contributed by atoms with Gasteiger partial charge in [0, 0.05) is 32.7 Å². The Labute approximate surface area is 133 Å². The van der Waals surface area contributed by atoms with E-state index in [9.17, 15) is 4.79 Å². The van der Waals surface area contributed by atoms with E-state index in [0.717, 1.165) is 39.1 Å². The minimum absolute atomic E-state index is 0.175. The first-order valence-electron chi connectivity index (χ1n) is 8.33. The Morgan fingerprint density at radius 3 is 2.95 bits per heavy atom. The van der Waals surface area contributed by atoms with Gasteiger partial charge in [-0.25, -0.2) is 0 Å². The van der Waals surface area contributed by atoms with E-state index >= 15 is 0 Å². The van der Waals surface area contributed by atoms with Gasteiger partial charge in [0.1, 0.15) is 0 Å². The molecule has 1 heterocycles. The van der Waals surface area contributed by atoms with Gasteiger partial charge in [-0.1, -0.05) is 30.3 Å². The molecule has 0 aromatic heterocycles. The molecule has 4 heteroatoms. The fourth-order valence-electron chi connectivity index (χ4n) is 3.05. The molecule has 1 fully saturated rings. The van der Waals surface area contributed by atoms with E-state index in [4.69, 9.17) is 4.74 Å². The van der Waals surface area contributed by atoms with Gasteiger partial charge in [0.15, 0.2) is 0 Å². The predicted octanol–water partition coefficient (Wildman–Crippen LogP) is 2.24. The molecule has 1 aromatic rings. The van der Waals surface area contributed by atoms with Crippen LogP contribution >= 0.6 is 0 Å². The van der Waals surface area contributed by atoms with Crippen molar-refractivity contribution in [2.75, 3.05) is 33.4 Å². The third-order valence-corrected chi connectivity index (χ3v) is 4.33. The summed E-state index contributed by atoms with van der Waals surface area (Å²) >= 11 is 0. The van der Waals surface area contributed by atoms with Crippen LogP contribution in [0.1, 0.15) is 31.2 Å². The number of benzene rings is 1. The molecule has 1 N–H and O–H groups in total. The SMILES string of the molecule is COCCN1CCC[C@H]1CNC(=O)CCCc1ccccc1. The van der Waals surface area contributed by atoms with Gasteiger partial charge in [0.05, 0.1) is 6.61 Å². The number of rotatable bonds is 9. The Kier molecular flexibility index (Phi) is 7.40. The summed E-state index contributed by atoms with van der Waals surface area (Å²) in [5, 5.41) is 3.10. The minimum atomic E-state index is 0.175. The fraction of sp³-hybridized carbons (Fsp3) is 0.611. The molecule has 0 unspecified atom stereocenters. The first-order valence-corrected chi connectivity index (χ1v) is 8.33. The Balaban J connectivity index is 1.61. The van der Waals surface area contributed by atoms with Crippen molar-refractivity contribution < 1.29 is 9.53 Å². The van der Waals surface area contributed by atoms with Crippen molar-refractivity contribution in [3.05, 3.63) is 35.9 Å². The van der Waals surface area contributed by atoms with E-state index in [1.165, 1.54) is 18.4 Å². The number of hydrogen-bond acceptors (Lipinski definition) is 3. The van der Waals surface area contributed by atoms with Gasteiger partial charge in [0.25, 0.3) is 0 Å². The van der Waals surface area contributed by atoms with Crippen molar-refractivity contribution in [3.63, 3.8) is 0 Å². The number of carbonyl (C=O) groups excluding carboxylic acids is 1. The number of nitrogens with one attached hydrogen (secondary N) is 1. The summed E-state index contributed by atoms with van der Waals surface area (Å²) in [5.74, 6) is 0.175. The fourth-order valence-corrected chi connectivity index (χ4v) is 3.05. The molecule has 122 valence electrons. The molecule has 1 aromatic carbocycles. The molecular weight excluding hydrogens is 276 g/mol. The third kappa shape index (κ3) is 5.78. The average molecular weight is 304 g/mol. The zero-order chi connectivity index (χ0) is 15.6. The quantitative estimate of drug-likeness (QED) is 0.761. The van der Waals surface area contributed by atoms with E-state index in [-0.39, 0.29) is 5.91 Å². The van der Waals surface area contributed by atoms with Crippen LogP contribution in [0.5, 0.6) is 0 Å². The number of nitrogens with zero attached hydrogens (tertiary/aromatic N) is 1. The van der Waals surface area contributed by atoms with Crippen LogP contribution < -0.4 is 5.32 Å². The highest BCUT2D eigenvalue weighted by Crippen LogP contribution is 2.16. The standard InChI is InChI=1S/C18H28N2O2/c1-22-14-13-20-12-6-10-17(20)15-19-18(21)11-5-9-16-7-3-2-4-8-16/h2-4,7-8,17H,5-6,9-15H2,1H3,(H,19,21)/t17-/m0/s1. The number of carbonyl (C=O) groups is 1. The highest BCUT2D eigenvalue weighted by Gasteiger charge is 2.24. The van der Waals surface area contributed by atoms with Crippen LogP contribution in [0.3, 0.4) is 0 Å². The normalized spacial score (nSPS) is 18.5. The number of amides is 1. The molecule has 2 rings (SSSR count). The molecule has 0 spiro atoms. The second-order valence-corrected chi connectivity index (χ2v) is 5.97. The van der Waals surface area contributed by atoms with E-state index in [1.807, 2.05) is 18.2 Å². The molecule has 1 amide bonds. The maximum atomic E-state index is 12.0. The Bertz CT molecular complexity index is 436. The molecule has 1 aliphatic rings. The van der Waals surface area contributed by atoms with Crippen LogP contribution in [-0.4, -0.2) is 50.2 Å². The molecule has 0 saturated carbocycles. The highest BCUT2D eigenvalue weighted by atomic mass is 16.5. The highest BCUT2D eigenvalue weighted by molar-refractivity contribution is 5.75. The van der Waals surface area contributed by atoms with Gasteiger partial charge in [-0.3, -0.25) is 9.69 Å². The maximum absolute atomic E-state index is 12.0. The molecule has 1 atom stereocenters. The molecule has 4 nitrogen and oxygen atoms in total. The van der Waals surface area contributed by atoms with Gasteiger partial charge in [-0.05, 0) is 37.8 Å². The van der Waals surface area contributed by atoms with Crippen LogP contribution in [0.25, 0.3) is 0 Å². The Hall–Kier alpha value is -1.39. The Morgan fingerprint density at radius 2 is 2.18 bits per heavy atom. The van der Waals surface area contributed by atoms with Gasteiger partial charge in [-0.15, -0.1) is 0 Å². The molecular formula is C18H28N2O2. The van der Waals surface area contributed by atoms with Gasteiger partial charge in [-0.2, -0.15) is 0 Å². The smallest absolute Gasteiger partial charge is 0.220 e. The summed E-state index contributed by atoms with van der Waals surface area (Å²) < 4.78 is 5.14. The topological polar surface area (TPSA) is 41.6 Å². The maximum Gasteiger partial charge on any atom is 0.220 e. The average Bonchev–Trinajstić information content (AvgIpc) is 2.99. The number of ether oxygens (including phenoxy) is 1. The number of hydrogen-bond donors (Lipinski definition) is 1. The number of methoxy groups -OCH3 is 1. The summed E-state index contributed by atoms with van der Waals surface area (Å²) in [4.78, 5) is 14.4. The van der Waals surface area contributed by atoms with Crippen LogP contribution in [0, 0.1) is 0 Å². The van der Waals surface area contributed by atoms with Crippen molar-refractivity contribution in [3.8, 4) is 0 Å². The van der Waals surface area contributed by atoms with E-state index in [0.29, 0.717) is 12.5 Å². The molecule has 0 bridgehead atoms. The zero-order valence-corrected chi connectivity index (χ0v) is 13.6. The molecule has 22 heavy (non-hydrogen) atoms. The molecule has 0 radical (unpaired) electrons. The van der Waals surface area contributed by atoms with Crippen LogP contribution in [0.15, 0.2) is 30.3 Å². The van der Waals surface area contributed by atoms with Crippen molar-refractivity contribution in [1.29, 1.82) is 0 Å². The van der Waals surface area contributed by atoms with E-state index < -0.39 is 0 Å². The summed E-state index contributed by atoms with van der Waals surface area (Å²) in [6.07, 6.45) is 4.89. The monoisotopic (exact) mass is 304 g/mol. The van der Waals surface area contributed by atoms with Crippen molar-refractivity contribution in [2.24, 2.45) is 0 Å². The largest absolute Gasteiger partial charge is 0.383 e. The summed E-state index contributed by atoms with van der Waals surface area (Å²) in [7, 11) is 1.74. The van der Waals surface area contributed by atoms with Gasteiger partial charge < -0.3 is 10.1 Å². The van der Waals surface area contributed by atoms with Crippen LogP contribution in [0.2, 0.25) is 0 Å². The first kappa shape index (κ1) is 17.0. The lowest BCUT2D eigenvalue weighted by Crippen LogP contribution is -2.41. The van der Waals surface area contributed by atoms with Crippen molar-refractivity contribution >= 4 is 5.91 Å². The van der Waals surface area contributed by atoms with Gasteiger partial charge >= 0.3 is 0 Å². The lowest BCUT2D eigenvalue weighted by Gasteiger charge is -2.24. The second kappa shape index (κ2) is 9.59. The minimum Gasteiger partial charge on any atom is -0.383 e.